The van der Waals surface area contributed by atoms with Gasteiger partial charge in [-0.1, -0.05) is 60.7 Å². The molecule has 1 aliphatic carbocycles. The molecule has 8 nitrogen and oxygen atoms in total. The molecule has 0 aliphatic heterocycles. The summed E-state index contributed by atoms with van der Waals surface area (Å²) in [6.07, 6.45) is 7.40. The van der Waals surface area contributed by atoms with Crippen molar-refractivity contribution in [2.24, 2.45) is 0 Å². The Hall–Kier alpha value is -3.94. The first-order valence-corrected chi connectivity index (χ1v) is 14.1. The van der Waals surface area contributed by atoms with E-state index in [1.165, 1.54) is 11.1 Å². The van der Waals surface area contributed by atoms with Crippen molar-refractivity contribution in [2.45, 2.75) is 83.8 Å². The Morgan fingerprint density at radius 1 is 0.850 bits per heavy atom. The first-order valence-electron chi connectivity index (χ1n) is 14.1. The molecule has 2 aromatic carbocycles. The van der Waals surface area contributed by atoms with E-state index in [1.54, 1.807) is 0 Å². The number of allylic oxidation sites excluding steroid dienone is 1. The van der Waals surface area contributed by atoms with Crippen molar-refractivity contribution in [3.63, 3.8) is 0 Å². The van der Waals surface area contributed by atoms with Gasteiger partial charge in [0.05, 0.1) is 0 Å². The Balaban J connectivity index is 1.48. The number of carbonyl (C=O) groups is 4. The molecule has 1 aliphatic rings. The van der Waals surface area contributed by atoms with Crippen LogP contribution in [0, 0.1) is 0 Å². The van der Waals surface area contributed by atoms with E-state index in [4.69, 9.17) is 0 Å². The summed E-state index contributed by atoms with van der Waals surface area (Å²) in [4.78, 5) is 50.5. The van der Waals surface area contributed by atoms with Crippen molar-refractivity contribution in [2.75, 3.05) is 6.54 Å². The van der Waals surface area contributed by atoms with Crippen molar-refractivity contribution >= 4 is 29.7 Å². The highest BCUT2D eigenvalue weighted by Crippen LogP contribution is 2.22. The summed E-state index contributed by atoms with van der Waals surface area (Å²) in [7, 11) is 0. The Kier molecular flexibility index (Phi) is 11.5. The number of benzene rings is 2. The number of carbonyl (C=O) groups excluding carboxylic acids is 4. The van der Waals surface area contributed by atoms with E-state index < -0.39 is 17.5 Å². The molecule has 0 fully saturated rings. The van der Waals surface area contributed by atoms with Crippen molar-refractivity contribution in [1.82, 2.24) is 21.3 Å². The minimum atomic E-state index is -0.875. The number of amides is 4. The predicted octanol–water partition coefficient (Wildman–Crippen LogP) is 3.58. The van der Waals surface area contributed by atoms with Crippen molar-refractivity contribution in [3.8, 4) is 0 Å². The van der Waals surface area contributed by atoms with E-state index in [0.717, 1.165) is 24.0 Å². The molecule has 3 rings (SSSR count). The number of nitrogens with one attached hydrogen (secondary N) is 4. The fourth-order valence-corrected chi connectivity index (χ4v) is 4.59. The van der Waals surface area contributed by atoms with Crippen LogP contribution in [-0.4, -0.2) is 41.8 Å². The standard InChI is InChI=1S/C32H42N4O4/c1-32(2,3)36-30(39)19-17-27(35-29(38)18-16-23-10-5-4-6-11-23)31(40)33-21-20-28(37)34-22-25-14-9-13-24-12-7-8-15-26(24)25/h4-6,8-11,13-15,27H,7,12,16-22H2,1-3H3,(H,33,40)(H,34,37)(H,35,38)(H,36,39)/t27-/m0/s1. The van der Waals surface area contributed by atoms with E-state index in [-0.39, 0.29) is 49.9 Å². The van der Waals surface area contributed by atoms with Gasteiger partial charge in [-0.25, -0.2) is 0 Å². The van der Waals surface area contributed by atoms with Gasteiger partial charge >= 0.3 is 0 Å². The van der Waals surface area contributed by atoms with Crippen LogP contribution in [0.3, 0.4) is 0 Å². The first kappa shape index (κ1) is 30.6. The molecule has 2 aromatic rings. The summed E-state index contributed by atoms with van der Waals surface area (Å²) in [6, 6.07) is 14.9. The second-order valence-electron chi connectivity index (χ2n) is 11.2. The second kappa shape index (κ2) is 15.0. The van der Waals surface area contributed by atoms with Crippen LogP contribution in [0.4, 0.5) is 0 Å². The summed E-state index contributed by atoms with van der Waals surface area (Å²) < 4.78 is 0. The van der Waals surface area contributed by atoms with Gasteiger partial charge < -0.3 is 21.3 Å². The lowest BCUT2D eigenvalue weighted by atomic mass is 9.93. The summed E-state index contributed by atoms with van der Waals surface area (Å²) in [5, 5.41) is 11.3. The third kappa shape index (κ3) is 10.7. The van der Waals surface area contributed by atoms with E-state index in [2.05, 4.69) is 39.5 Å². The minimum Gasteiger partial charge on any atom is -0.354 e. The summed E-state index contributed by atoms with van der Waals surface area (Å²) in [6.45, 7) is 6.20. The van der Waals surface area contributed by atoms with Crippen LogP contribution in [-0.2, 0) is 38.6 Å². The molecule has 8 heteroatoms. The molecule has 1 atom stereocenters. The zero-order valence-corrected chi connectivity index (χ0v) is 23.8. The second-order valence-corrected chi connectivity index (χ2v) is 11.2. The minimum absolute atomic E-state index is 0.0879. The van der Waals surface area contributed by atoms with E-state index in [9.17, 15) is 19.2 Å². The summed E-state index contributed by atoms with van der Waals surface area (Å²) >= 11 is 0. The molecule has 0 aromatic heterocycles. The highest BCUT2D eigenvalue weighted by Gasteiger charge is 2.23. The molecule has 0 spiro atoms. The topological polar surface area (TPSA) is 116 Å². The van der Waals surface area contributed by atoms with Crippen LogP contribution in [0.5, 0.6) is 0 Å². The van der Waals surface area contributed by atoms with Gasteiger partial charge in [-0.05, 0) is 68.7 Å². The smallest absolute Gasteiger partial charge is 0.242 e. The molecule has 214 valence electrons. The van der Waals surface area contributed by atoms with Crippen molar-refractivity contribution < 1.29 is 19.2 Å². The largest absolute Gasteiger partial charge is 0.354 e. The fourth-order valence-electron chi connectivity index (χ4n) is 4.59. The average molecular weight is 547 g/mol. The monoisotopic (exact) mass is 546 g/mol. The van der Waals surface area contributed by atoms with Gasteiger partial charge in [-0.3, -0.25) is 19.2 Å². The lowest BCUT2D eigenvalue weighted by molar-refractivity contribution is -0.130. The third-order valence-corrected chi connectivity index (χ3v) is 6.59. The quantitative estimate of drug-likeness (QED) is 0.307. The van der Waals surface area contributed by atoms with Gasteiger partial charge in [-0.2, -0.15) is 0 Å². The molecular weight excluding hydrogens is 504 g/mol. The Morgan fingerprint density at radius 3 is 2.38 bits per heavy atom. The van der Waals surface area contributed by atoms with Crippen LogP contribution in [0.25, 0.3) is 6.08 Å². The molecule has 4 amide bonds. The molecule has 0 saturated heterocycles. The van der Waals surface area contributed by atoms with Crippen LogP contribution in [0.15, 0.2) is 54.6 Å². The maximum atomic E-state index is 13.0. The number of rotatable bonds is 13. The Labute approximate surface area is 237 Å². The van der Waals surface area contributed by atoms with Gasteiger partial charge in [0.1, 0.15) is 6.04 Å². The van der Waals surface area contributed by atoms with Gasteiger partial charge in [-0.15, -0.1) is 0 Å². The lowest BCUT2D eigenvalue weighted by Crippen LogP contribution is -2.48. The van der Waals surface area contributed by atoms with Crippen molar-refractivity contribution in [3.05, 3.63) is 76.9 Å². The Morgan fingerprint density at radius 2 is 1.62 bits per heavy atom. The van der Waals surface area contributed by atoms with Crippen molar-refractivity contribution in [1.29, 1.82) is 0 Å². The van der Waals surface area contributed by atoms with Crippen LogP contribution in [0.1, 0.15) is 75.1 Å². The summed E-state index contributed by atoms with van der Waals surface area (Å²) in [5.74, 6) is -1.04. The maximum absolute atomic E-state index is 13.0. The summed E-state index contributed by atoms with van der Waals surface area (Å²) in [5.41, 5.74) is 4.16. The normalized spacial score (nSPS) is 13.1. The highest BCUT2D eigenvalue weighted by molar-refractivity contribution is 5.88. The molecule has 0 saturated carbocycles. The molecule has 0 bridgehead atoms. The first-order chi connectivity index (χ1) is 19.1. The lowest BCUT2D eigenvalue weighted by Gasteiger charge is -2.22. The number of aryl methyl sites for hydroxylation is 2. The SMILES string of the molecule is CC(C)(C)NC(=O)CC[C@H](NC(=O)CCc1ccccc1)C(=O)NCCC(=O)NCc1cccc2c1C=CCC2. The third-order valence-electron chi connectivity index (χ3n) is 6.59. The molecular formula is C32H42N4O4. The van der Waals surface area contributed by atoms with Crippen LogP contribution < -0.4 is 21.3 Å². The number of fused-ring (bicyclic) bond motifs is 1. The van der Waals surface area contributed by atoms with Crippen LogP contribution in [0.2, 0.25) is 0 Å². The zero-order valence-electron chi connectivity index (χ0n) is 23.8. The van der Waals surface area contributed by atoms with E-state index in [0.29, 0.717) is 13.0 Å². The van der Waals surface area contributed by atoms with Gasteiger partial charge in [0, 0.05) is 37.9 Å². The highest BCUT2D eigenvalue weighted by atomic mass is 16.2. The van der Waals surface area contributed by atoms with Gasteiger partial charge in [0.15, 0.2) is 0 Å². The van der Waals surface area contributed by atoms with Gasteiger partial charge in [0.25, 0.3) is 0 Å². The Bertz CT molecular complexity index is 1200. The molecule has 0 unspecified atom stereocenters. The predicted molar refractivity (Wildman–Crippen MR) is 157 cm³/mol. The van der Waals surface area contributed by atoms with Crippen LogP contribution >= 0.6 is 0 Å². The van der Waals surface area contributed by atoms with E-state index in [1.807, 2.05) is 63.2 Å². The molecule has 0 heterocycles. The molecule has 40 heavy (non-hydrogen) atoms. The fraction of sp³-hybridized carbons (Fsp3) is 0.438. The molecule has 4 N–H and O–H groups in total. The van der Waals surface area contributed by atoms with E-state index >= 15 is 0 Å². The zero-order chi connectivity index (χ0) is 29.0. The average Bonchev–Trinajstić information content (AvgIpc) is 2.92. The maximum Gasteiger partial charge on any atom is 0.242 e. The number of hydrogen-bond donors (Lipinski definition) is 4. The molecule has 0 radical (unpaired) electrons. The van der Waals surface area contributed by atoms with Gasteiger partial charge in [0.2, 0.25) is 23.6 Å². The number of hydrogen-bond acceptors (Lipinski definition) is 4.